The topological polar surface area (TPSA) is 41.1 Å². The average Bonchev–Trinajstić information content (AvgIpc) is 3.28. The summed E-state index contributed by atoms with van der Waals surface area (Å²) in [5.74, 6) is 2.40. The third kappa shape index (κ3) is 3.61. The van der Waals surface area contributed by atoms with Crippen molar-refractivity contribution in [3.8, 4) is 0 Å². The number of thioether (sulfide) groups is 1. The number of hydrogen-bond acceptors (Lipinski definition) is 3. The second-order valence-electron chi connectivity index (χ2n) is 6.30. The molecule has 2 N–H and O–H groups in total. The lowest BCUT2D eigenvalue weighted by molar-refractivity contribution is -0.121. The highest BCUT2D eigenvalue weighted by atomic mass is 32.2. The van der Waals surface area contributed by atoms with Crippen LogP contribution in [0.5, 0.6) is 0 Å². The maximum atomic E-state index is 12.1. The van der Waals surface area contributed by atoms with Gasteiger partial charge in [0.1, 0.15) is 0 Å². The molecular formula is C17H24N2OS. The van der Waals surface area contributed by atoms with Crippen LogP contribution in [0.4, 0.5) is 0 Å². The molecular weight excluding hydrogens is 280 g/mol. The van der Waals surface area contributed by atoms with Crippen molar-refractivity contribution < 1.29 is 4.79 Å². The first-order valence-electron chi connectivity index (χ1n) is 7.84. The molecule has 0 radical (unpaired) electrons. The summed E-state index contributed by atoms with van der Waals surface area (Å²) in [7, 11) is 0. The van der Waals surface area contributed by atoms with Crippen LogP contribution in [0.3, 0.4) is 0 Å². The molecule has 114 valence electrons. The molecule has 1 saturated carbocycles. The van der Waals surface area contributed by atoms with Gasteiger partial charge in [-0.3, -0.25) is 4.79 Å². The van der Waals surface area contributed by atoms with Gasteiger partial charge >= 0.3 is 0 Å². The van der Waals surface area contributed by atoms with E-state index >= 15 is 0 Å². The molecule has 21 heavy (non-hydrogen) atoms. The first-order valence-corrected chi connectivity index (χ1v) is 8.99. The molecule has 0 bridgehead atoms. The van der Waals surface area contributed by atoms with Gasteiger partial charge in [0, 0.05) is 42.5 Å². The molecule has 1 heterocycles. The number of rotatable bonds is 5. The van der Waals surface area contributed by atoms with Gasteiger partial charge in [0.15, 0.2) is 0 Å². The van der Waals surface area contributed by atoms with E-state index in [9.17, 15) is 4.79 Å². The van der Waals surface area contributed by atoms with E-state index in [1.54, 1.807) is 0 Å². The van der Waals surface area contributed by atoms with Gasteiger partial charge in [-0.15, -0.1) is 0 Å². The van der Waals surface area contributed by atoms with Crippen molar-refractivity contribution in [3.63, 3.8) is 0 Å². The monoisotopic (exact) mass is 304 g/mol. The quantitative estimate of drug-likeness (QED) is 0.876. The van der Waals surface area contributed by atoms with E-state index in [4.69, 9.17) is 0 Å². The minimum Gasteiger partial charge on any atom is -0.355 e. The van der Waals surface area contributed by atoms with Crippen LogP contribution in [0.15, 0.2) is 24.3 Å². The molecule has 1 aromatic rings. The summed E-state index contributed by atoms with van der Waals surface area (Å²) >= 11 is 1.94. The van der Waals surface area contributed by atoms with Crippen molar-refractivity contribution in [1.82, 2.24) is 10.6 Å². The minimum absolute atomic E-state index is 0.190. The second kappa shape index (κ2) is 6.41. The molecule has 1 aliphatic heterocycles. The van der Waals surface area contributed by atoms with E-state index in [2.05, 4.69) is 41.8 Å². The Balaban J connectivity index is 1.52. The summed E-state index contributed by atoms with van der Waals surface area (Å²) in [5, 5.41) is 6.59. The van der Waals surface area contributed by atoms with Gasteiger partial charge in [-0.05, 0) is 30.9 Å². The van der Waals surface area contributed by atoms with Crippen molar-refractivity contribution >= 4 is 17.7 Å². The maximum absolute atomic E-state index is 12.1. The standard InChI is InChI=1S/C17H24N2OS/c1-13-4-2-3-5-15(13)17(6-7-17)12-19-16(20)10-14-11-21-9-8-18-14/h2-5,14,18H,6-12H2,1H3,(H,19,20). The molecule has 1 aliphatic carbocycles. The zero-order chi connectivity index (χ0) is 14.7. The first-order chi connectivity index (χ1) is 10.2. The van der Waals surface area contributed by atoms with Crippen LogP contribution in [-0.2, 0) is 10.2 Å². The number of benzene rings is 1. The fraction of sp³-hybridized carbons (Fsp3) is 0.588. The molecule has 1 aromatic carbocycles. The predicted molar refractivity (Wildman–Crippen MR) is 88.8 cm³/mol. The minimum atomic E-state index is 0.190. The van der Waals surface area contributed by atoms with Crippen LogP contribution in [0.25, 0.3) is 0 Å². The average molecular weight is 304 g/mol. The number of nitrogens with one attached hydrogen (secondary N) is 2. The summed E-state index contributed by atoms with van der Waals surface area (Å²) in [6.45, 7) is 3.98. The Bertz CT molecular complexity index is 507. The summed E-state index contributed by atoms with van der Waals surface area (Å²) in [5.41, 5.74) is 2.96. The number of carbonyl (C=O) groups excluding carboxylic acids is 1. The molecule has 1 amide bonds. The first kappa shape index (κ1) is 14.9. The molecule has 3 nitrogen and oxygen atoms in total. The van der Waals surface area contributed by atoms with Crippen molar-refractivity contribution in [2.45, 2.75) is 37.6 Å². The number of hydrogen-bond donors (Lipinski definition) is 2. The van der Waals surface area contributed by atoms with Crippen molar-refractivity contribution in [2.24, 2.45) is 0 Å². The molecule has 2 fully saturated rings. The van der Waals surface area contributed by atoms with Crippen LogP contribution in [0, 0.1) is 6.92 Å². The van der Waals surface area contributed by atoms with Gasteiger partial charge in [0.25, 0.3) is 0 Å². The second-order valence-corrected chi connectivity index (χ2v) is 7.45. The Morgan fingerprint density at radius 3 is 2.90 bits per heavy atom. The Kier molecular flexibility index (Phi) is 4.55. The van der Waals surface area contributed by atoms with Gasteiger partial charge in [-0.1, -0.05) is 24.3 Å². The lowest BCUT2D eigenvalue weighted by atomic mass is 9.92. The third-order valence-corrected chi connectivity index (χ3v) is 5.76. The van der Waals surface area contributed by atoms with Gasteiger partial charge in [0.2, 0.25) is 5.91 Å². The number of aryl methyl sites for hydroxylation is 1. The third-order valence-electron chi connectivity index (χ3n) is 4.62. The Morgan fingerprint density at radius 2 is 2.24 bits per heavy atom. The van der Waals surface area contributed by atoms with E-state index in [1.165, 1.54) is 24.0 Å². The van der Waals surface area contributed by atoms with E-state index in [0.29, 0.717) is 12.5 Å². The Labute approximate surface area is 131 Å². The van der Waals surface area contributed by atoms with Gasteiger partial charge in [-0.25, -0.2) is 0 Å². The van der Waals surface area contributed by atoms with E-state index in [-0.39, 0.29) is 11.3 Å². The van der Waals surface area contributed by atoms with Crippen LogP contribution in [-0.4, -0.2) is 36.5 Å². The molecule has 0 spiro atoms. The van der Waals surface area contributed by atoms with Crippen molar-refractivity contribution in [2.75, 3.05) is 24.6 Å². The molecule has 0 aromatic heterocycles. The Morgan fingerprint density at radius 1 is 1.43 bits per heavy atom. The largest absolute Gasteiger partial charge is 0.355 e. The molecule has 1 atom stereocenters. The SMILES string of the molecule is Cc1ccccc1C1(CNC(=O)CC2CSCCN2)CC1. The highest BCUT2D eigenvalue weighted by Gasteiger charge is 2.45. The fourth-order valence-electron chi connectivity index (χ4n) is 3.17. The molecule has 1 saturated heterocycles. The summed E-state index contributed by atoms with van der Waals surface area (Å²) < 4.78 is 0. The van der Waals surface area contributed by atoms with Crippen LogP contribution in [0.1, 0.15) is 30.4 Å². The molecule has 4 heteroatoms. The normalized spacial score (nSPS) is 23.6. The van der Waals surface area contributed by atoms with Crippen LogP contribution >= 0.6 is 11.8 Å². The van der Waals surface area contributed by atoms with Crippen LogP contribution in [0.2, 0.25) is 0 Å². The van der Waals surface area contributed by atoms with Crippen molar-refractivity contribution in [3.05, 3.63) is 35.4 Å². The predicted octanol–water partition coefficient (Wildman–Crippen LogP) is 2.24. The highest BCUT2D eigenvalue weighted by Crippen LogP contribution is 2.48. The van der Waals surface area contributed by atoms with E-state index < -0.39 is 0 Å². The molecule has 2 aliphatic rings. The summed E-state index contributed by atoms with van der Waals surface area (Å²) in [6.07, 6.45) is 2.99. The zero-order valence-electron chi connectivity index (χ0n) is 12.7. The van der Waals surface area contributed by atoms with Crippen molar-refractivity contribution in [1.29, 1.82) is 0 Å². The molecule has 3 rings (SSSR count). The van der Waals surface area contributed by atoms with Gasteiger partial charge in [-0.2, -0.15) is 11.8 Å². The number of carbonyl (C=O) groups is 1. The summed E-state index contributed by atoms with van der Waals surface area (Å²) in [4.78, 5) is 12.1. The van der Waals surface area contributed by atoms with Gasteiger partial charge in [0.05, 0.1) is 0 Å². The zero-order valence-corrected chi connectivity index (χ0v) is 13.5. The van der Waals surface area contributed by atoms with E-state index in [0.717, 1.165) is 24.6 Å². The fourth-order valence-corrected chi connectivity index (χ4v) is 4.12. The lowest BCUT2D eigenvalue weighted by Gasteiger charge is -2.23. The van der Waals surface area contributed by atoms with Gasteiger partial charge < -0.3 is 10.6 Å². The van der Waals surface area contributed by atoms with Crippen LogP contribution < -0.4 is 10.6 Å². The lowest BCUT2D eigenvalue weighted by Crippen LogP contribution is -2.42. The number of amides is 1. The highest BCUT2D eigenvalue weighted by molar-refractivity contribution is 7.99. The summed E-state index contributed by atoms with van der Waals surface area (Å²) in [6, 6.07) is 8.92. The smallest absolute Gasteiger partial charge is 0.221 e. The Hall–Kier alpha value is -1.000. The molecule has 1 unspecified atom stereocenters. The van der Waals surface area contributed by atoms with E-state index in [1.807, 2.05) is 11.8 Å². The maximum Gasteiger partial charge on any atom is 0.221 e.